The van der Waals surface area contributed by atoms with Crippen molar-refractivity contribution in [2.45, 2.75) is 12.3 Å². The van der Waals surface area contributed by atoms with Crippen LogP contribution in [0, 0.1) is 0 Å². The number of halogens is 2. The summed E-state index contributed by atoms with van der Waals surface area (Å²) in [4.78, 5) is 0. The van der Waals surface area contributed by atoms with E-state index in [4.69, 9.17) is 27.9 Å². The molecule has 0 N–H and O–H groups in total. The monoisotopic (exact) mass is 416 g/mol. The molecule has 4 aromatic rings. The van der Waals surface area contributed by atoms with Crippen LogP contribution < -0.4 is 4.74 Å². The van der Waals surface area contributed by atoms with Gasteiger partial charge in [-0.15, -0.1) is 0 Å². The van der Waals surface area contributed by atoms with Crippen LogP contribution in [0.5, 0.6) is 5.75 Å². The van der Waals surface area contributed by atoms with Crippen molar-refractivity contribution in [2.75, 3.05) is 0 Å². The van der Waals surface area contributed by atoms with Crippen molar-refractivity contribution in [3.05, 3.63) is 118 Å². The molecule has 0 saturated heterocycles. The lowest BCUT2D eigenvalue weighted by atomic mass is 9.72. The van der Waals surface area contributed by atoms with Crippen molar-refractivity contribution in [3.8, 4) is 5.75 Å². The summed E-state index contributed by atoms with van der Waals surface area (Å²) in [6.07, 6.45) is 2.20. The molecule has 0 radical (unpaired) electrons. The van der Waals surface area contributed by atoms with Gasteiger partial charge >= 0.3 is 0 Å². The predicted molar refractivity (Wildman–Crippen MR) is 122 cm³/mol. The number of ether oxygens (including phenoxy) is 1. The third kappa shape index (κ3) is 3.11. The minimum atomic E-state index is -0.381. The van der Waals surface area contributed by atoms with Gasteiger partial charge in [0, 0.05) is 26.6 Å². The largest absolute Gasteiger partial charge is 0.457 e. The third-order valence-electron chi connectivity index (χ3n) is 5.62. The van der Waals surface area contributed by atoms with Crippen LogP contribution in [0.2, 0.25) is 10.0 Å². The van der Waals surface area contributed by atoms with Crippen LogP contribution in [-0.4, -0.2) is 0 Å². The highest BCUT2D eigenvalue weighted by atomic mass is 35.5. The van der Waals surface area contributed by atoms with Crippen LogP contribution in [0.1, 0.15) is 23.6 Å². The van der Waals surface area contributed by atoms with Gasteiger partial charge in [0.05, 0.1) is 0 Å². The van der Waals surface area contributed by atoms with Gasteiger partial charge in [0.1, 0.15) is 11.5 Å². The molecule has 3 heteroatoms. The Bertz CT molecular complexity index is 1240. The third-order valence-corrected chi connectivity index (χ3v) is 6.13. The first kappa shape index (κ1) is 18.3. The fraction of sp³-hybridized carbons (Fsp3) is 0.0769. The summed E-state index contributed by atoms with van der Waals surface area (Å²) in [7, 11) is 0. The SMILES string of the molecule is C[C@]1(c2ccc(Cl)cc2)C=C(c2ccc(Cl)cc2)Oc2ccc3ccccc3c21. The van der Waals surface area contributed by atoms with Gasteiger partial charge in [-0.3, -0.25) is 0 Å². The minimum absolute atomic E-state index is 0.381. The Morgan fingerprint density at radius 2 is 1.38 bits per heavy atom. The molecule has 0 fully saturated rings. The summed E-state index contributed by atoms with van der Waals surface area (Å²) in [5.41, 5.74) is 2.94. The topological polar surface area (TPSA) is 9.23 Å². The second-order valence-electron chi connectivity index (χ2n) is 7.49. The van der Waals surface area contributed by atoms with Crippen LogP contribution in [-0.2, 0) is 5.41 Å². The molecule has 1 heterocycles. The lowest BCUT2D eigenvalue weighted by molar-refractivity contribution is 0.472. The molecule has 1 atom stereocenters. The van der Waals surface area contributed by atoms with E-state index in [1.54, 1.807) is 0 Å². The van der Waals surface area contributed by atoms with Crippen molar-refractivity contribution in [3.63, 3.8) is 0 Å². The summed E-state index contributed by atoms with van der Waals surface area (Å²) in [5, 5.41) is 3.81. The predicted octanol–water partition coefficient (Wildman–Crippen LogP) is 7.89. The van der Waals surface area contributed by atoms with Crippen LogP contribution in [0.3, 0.4) is 0 Å². The van der Waals surface area contributed by atoms with Gasteiger partial charge in [-0.2, -0.15) is 0 Å². The van der Waals surface area contributed by atoms with E-state index in [0.717, 1.165) is 33.2 Å². The number of fused-ring (bicyclic) bond motifs is 3. The number of allylic oxidation sites excluding steroid dienone is 1. The second kappa shape index (κ2) is 6.95. The van der Waals surface area contributed by atoms with Gasteiger partial charge in [0.25, 0.3) is 0 Å². The molecule has 1 aliphatic rings. The van der Waals surface area contributed by atoms with E-state index in [1.807, 2.05) is 36.4 Å². The van der Waals surface area contributed by atoms with E-state index in [2.05, 4.69) is 61.5 Å². The first-order chi connectivity index (χ1) is 14.0. The standard InChI is InChI=1S/C26H18Cl2O/c1-26(19-9-13-21(28)14-10-19)16-24(18-6-11-20(27)12-7-18)29-23-15-8-17-4-2-3-5-22(17)25(23)26/h2-16H,1H3/t26-/m1/s1. The molecule has 1 aliphatic heterocycles. The zero-order valence-electron chi connectivity index (χ0n) is 15.8. The Labute approximate surface area is 180 Å². The van der Waals surface area contributed by atoms with Crippen LogP contribution in [0.25, 0.3) is 16.5 Å². The van der Waals surface area contributed by atoms with E-state index in [1.165, 1.54) is 10.8 Å². The molecule has 29 heavy (non-hydrogen) atoms. The van der Waals surface area contributed by atoms with Gasteiger partial charge in [-0.25, -0.2) is 0 Å². The quantitative estimate of drug-likeness (QED) is 0.322. The van der Waals surface area contributed by atoms with Gasteiger partial charge in [0.15, 0.2) is 0 Å². The lowest BCUT2D eigenvalue weighted by Crippen LogP contribution is -2.26. The fourth-order valence-corrected chi connectivity index (χ4v) is 4.39. The molecular formula is C26H18Cl2O. The summed E-state index contributed by atoms with van der Waals surface area (Å²) >= 11 is 12.3. The molecule has 5 rings (SSSR count). The molecule has 0 spiro atoms. The summed E-state index contributed by atoms with van der Waals surface area (Å²) in [6, 6.07) is 28.4. The number of benzene rings is 4. The average Bonchev–Trinajstić information content (AvgIpc) is 2.74. The molecular weight excluding hydrogens is 399 g/mol. The van der Waals surface area contributed by atoms with Crippen molar-refractivity contribution < 1.29 is 4.74 Å². The first-order valence-corrected chi connectivity index (χ1v) is 10.3. The van der Waals surface area contributed by atoms with Crippen molar-refractivity contribution in [1.29, 1.82) is 0 Å². The van der Waals surface area contributed by atoms with Crippen molar-refractivity contribution in [1.82, 2.24) is 0 Å². The molecule has 142 valence electrons. The summed E-state index contributed by atoms with van der Waals surface area (Å²) in [6.45, 7) is 2.24. The first-order valence-electron chi connectivity index (χ1n) is 9.49. The van der Waals surface area contributed by atoms with Gasteiger partial charge in [0.2, 0.25) is 0 Å². The molecule has 0 amide bonds. The number of hydrogen-bond acceptors (Lipinski definition) is 1. The normalized spacial score (nSPS) is 18.1. The van der Waals surface area contributed by atoms with Crippen molar-refractivity contribution >= 4 is 39.7 Å². The van der Waals surface area contributed by atoms with E-state index in [9.17, 15) is 0 Å². The second-order valence-corrected chi connectivity index (χ2v) is 8.36. The molecule has 0 aliphatic carbocycles. The number of hydrogen-bond donors (Lipinski definition) is 0. The Kier molecular flexibility index (Phi) is 4.38. The highest BCUT2D eigenvalue weighted by Crippen LogP contribution is 2.48. The molecule has 1 nitrogen and oxygen atoms in total. The fourth-order valence-electron chi connectivity index (χ4n) is 4.13. The molecule has 0 bridgehead atoms. The Morgan fingerprint density at radius 1 is 0.724 bits per heavy atom. The molecule has 0 unspecified atom stereocenters. The zero-order valence-corrected chi connectivity index (χ0v) is 17.3. The van der Waals surface area contributed by atoms with Gasteiger partial charge < -0.3 is 4.74 Å². The average molecular weight is 417 g/mol. The molecule has 0 aromatic heterocycles. The highest BCUT2D eigenvalue weighted by Gasteiger charge is 2.36. The van der Waals surface area contributed by atoms with Crippen LogP contribution >= 0.6 is 23.2 Å². The van der Waals surface area contributed by atoms with Gasteiger partial charge in [-0.05, 0) is 71.8 Å². The minimum Gasteiger partial charge on any atom is -0.457 e. The number of rotatable bonds is 2. The maximum Gasteiger partial charge on any atom is 0.132 e. The highest BCUT2D eigenvalue weighted by molar-refractivity contribution is 6.30. The maximum absolute atomic E-state index is 6.40. The van der Waals surface area contributed by atoms with E-state index < -0.39 is 0 Å². The molecule has 4 aromatic carbocycles. The summed E-state index contributed by atoms with van der Waals surface area (Å²) in [5.74, 6) is 1.69. The van der Waals surface area contributed by atoms with Gasteiger partial charge in [-0.1, -0.05) is 65.7 Å². The van der Waals surface area contributed by atoms with E-state index in [0.29, 0.717) is 5.02 Å². The van der Waals surface area contributed by atoms with Crippen LogP contribution in [0.4, 0.5) is 0 Å². The Balaban J connectivity index is 1.79. The smallest absolute Gasteiger partial charge is 0.132 e. The summed E-state index contributed by atoms with van der Waals surface area (Å²) < 4.78 is 6.40. The maximum atomic E-state index is 6.40. The van der Waals surface area contributed by atoms with Crippen LogP contribution in [0.15, 0.2) is 91.0 Å². The Hall–Kier alpha value is -2.74. The van der Waals surface area contributed by atoms with E-state index >= 15 is 0 Å². The lowest BCUT2D eigenvalue weighted by Gasteiger charge is -2.35. The zero-order chi connectivity index (χ0) is 20.0. The molecule has 0 saturated carbocycles. The Morgan fingerprint density at radius 3 is 2.10 bits per heavy atom. The van der Waals surface area contributed by atoms with E-state index in [-0.39, 0.29) is 5.41 Å². The van der Waals surface area contributed by atoms with Crippen molar-refractivity contribution in [2.24, 2.45) is 0 Å².